The molecule has 0 bridgehead atoms. The first-order chi connectivity index (χ1) is 13.4. The molecule has 0 unspecified atom stereocenters. The minimum absolute atomic E-state index is 0.184. The summed E-state index contributed by atoms with van der Waals surface area (Å²) in [6.07, 6.45) is 1.53. The van der Waals surface area contributed by atoms with Crippen LogP contribution >= 0.6 is 0 Å². The molecule has 0 aliphatic rings. The molecule has 146 valence electrons. The zero-order valence-corrected chi connectivity index (χ0v) is 16.6. The van der Waals surface area contributed by atoms with Gasteiger partial charge in [-0.2, -0.15) is 0 Å². The summed E-state index contributed by atoms with van der Waals surface area (Å²) >= 11 is 0. The molecule has 0 saturated heterocycles. The van der Waals surface area contributed by atoms with E-state index >= 15 is 0 Å². The Bertz CT molecular complexity index is 1050. The molecule has 0 fully saturated rings. The van der Waals surface area contributed by atoms with E-state index in [4.69, 9.17) is 9.47 Å². The van der Waals surface area contributed by atoms with E-state index in [9.17, 15) is 8.42 Å². The Morgan fingerprint density at radius 1 is 0.929 bits per heavy atom. The van der Waals surface area contributed by atoms with Gasteiger partial charge in [0.05, 0.1) is 36.7 Å². The Morgan fingerprint density at radius 2 is 1.68 bits per heavy atom. The molecule has 3 rings (SSSR count). The third-order valence-corrected chi connectivity index (χ3v) is 5.39. The predicted molar refractivity (Wildman–Crippen MR) is 109 cm³/mol. The maximum atomic E-state index is 12.4. The summed E-state index contributed by atoms with van der Waals surface area (Å²) in [4.78, 5) is 4.36. The second-order valence-electron chi connectivity index (χ2n) is 6.04. The number of aromatic nitrogens is 1. The molecule has 7 nitrogen and oxygen atoms in total. The monoisotopic (exact) mass is 399 g/mol. The standard InChI is InChI=1S/C20H21N3O4S/c1-14-4-8-17(9-5-14)28(24,25)23-20-11-6-15(13-21-20)22-18-12-16(26-2)7-10-19(18)27-3/h4-13,22H,1-3H3,(H,21,23). The van der Waals surface area contributed by atoms with Crippen LogP contribution in [0.5, 0.6) is 11.5 Å². The zero-order chi connectivity index (χ0) is 20.1. The minimum atomic E-state index is -3.69. The number of anilines is 3. The van der Waals surface area contributed by atoms with E-state index < -0.39 is 10.0 Å². The van der Waals surface area contributed by atoms with Crippen LogP contribution in [-0.4, -0.2) is 27.6 Å². The number of benzene rings is 2. The Labute approximate surface area is 164 Å². The molecule has 2 aromatic carbocycles. The van der Waals surface area contributed by atoms with E-state index in [1.165, 1.54) is 6.20 Å². The Morgan fingerprint density at radius 3 is 2.29 bits per heavy atom. The quantitative estimate of drug-likeness (QED) is 0.625. The number of nitrogens with one attached hydrogen (secondary N) is 2. The van der Waals surface area contributed by atoms with E-state index in [1.807, 2.05) is 6.92 Å². The van der Waals surface area contributed by atoms with Crippen LogP contribution in [-0.2, 0) is 10.0 Å². The average molecular weight is 399 g/mol. The van der Waals surface area contributed by atoms with Gasteiger partial charge in [-0.1, -0.05) is 17.7 Å². The van der Waals surface area contributed by atoms with Crippen molar-refractivity contribution in [3.8, 4) is 11.5 Å². The van der Waals surface area contributed by atoms with Crippen LogP contribution in [0.2, 0.25) is 0 Å². The van der Waals surface area contributed by atoms with Gasteiger partial charge in [0.25, 0.3) is 10.0 Å². The van der Waals surface area contributed by atoms with Gasteiger partial charge in [-0.05, 0) is 43.3 Å². The zero-order valence-electron chi connectivity index (χ0n) is 15.8. The van der Waals surface area contributed by atoms with Gasteiger partial charge in [0.1, 0.15) is 17.3 Å². The lowest BCUT2D eigenvalue weighted by Gasteiger charge is -2.13. The highest BCUT2D eigenvalue weighted by molar-refractivity contribution is 7.92. The summed E-state index contributed by atoms with van der Waals surface area (Å²) < 4.78 is 37.9. The molecular weight excluding hydrogens is 378 g/mol. The predicted octanol–water partition coefficient (Wildman–Crippen LogP) is 3.95. The summed E-state index contributed by atoms with van der Waals surface area (Å²) in [7, 11) is -0.528. The first-order valence-corrected chi connectivity index (χ1v) is 9.94. The molecule has 28 heavy (non-hydrogen) atoms. The number of aryl methyl sites for hydroxylation is 1. The summed E-state index contributed by atoms with van der Waals surface area (Å²) in [5.74, 6) is 1.55. The molecular formula is C20H21N3O4S. The number of pyridine rings is 1. The number of rotatable bonds is 7. The van der Waals surface area contributed by atoms with E-state index in [1.54, 1.807) is 68.8 Å². The molecule has 0 spiro atoms. The fourth-order valence-electron chi connectivity index (χ4n) is 2.51. The van der Waals surface area contributed by atoms with Crippen molar-refractivity contribution in [2.75, 3.05) is 24.3 Å². The van der Waals surface area contributed by atoms with Gasteiger partial charge < -0.3 is 14.8 Å². The maximum absolute atomic E-state index is 12.4. The third kappa shape index (κ3) is 4.52. The van der Waals surface area contributed by atoms with Crippen molar-refractivity contribution in [3.05, 3.63) is 66.4 Å². The fraction of sp³-hybridized carbons (Fsp3) is 0.150. The Kier molecular flexibility index (Phi) is 5.70. The van der Waals surface area contributed by atoms with Gasteiger partial charge >= 0.3 is 0 Å². The van der Waals surface area contributed by atoms with Gasteiger partial charge in [0.15, 0.2) is 0 Å². The molecule has 8 heteroatoms. The SMILES string of the molecule is COc1ccc(OC)c(Nc2ccc(NS(=O)(=O)c3ccc(C)cc3)nc2)c1. The average Bonchev–Trinajstić information content (AvgIpc) is 2.69. The van der Waals surface area contributed by atoms with E-state index in [2.05, 4.69) is 15.0 Å². The second kappa shape index (κ2) is 8.18. The smallest absolute Gasteiger partial charge is 0.263 e. The van der Waals surface area contributed by atoms with Gasteiger partial charge in [0, 0.05) is 6.07 Å². The van der Waals surface area contributed by atoms with Crippen molar-refractivity contribution < 1.29 is 17.9 Å². The van der Waals surface area contributed by atoms with Gasteiger partial charge in [-0.15, -0.1) is 0 Å². The third-order valence-electron chi connectivity index (χ3n) is 4.02. The van der Waals surface area contributed by atoms with Gasteiger partial charge in [-0.25, -0.2) is 13.4 Å². The lowest BCUT2D eigenvalue weighted by Crippen LogP contribution is -2.13. The lowest BCUT2D eigenvalue weighted by molar-refractivity contribution is 0.405. The first kappa shape index (κ1) is 19.5. The highest BCUT2D eigenvalue weighted by Crippen LogP contribution is 2.31. The van der Waals surface area contributed by atoms with Crippen LogP contribution in [0.4, 0.5) is 17.2 Å². The summed E-state index contributed by atoms with van der Waals surface area (Å²) in [6, 6.07) is 15.3. The maximum Gasteiger partial charge on any atom is 0.263 e. The van der Waals surface area contributed by atoms with Crippen LogP contribution in [0.25, 0.3) is 0 Å². The highest BCUT2D eigenvalue weighted by atomic mass is 32.2. The van der Waals surface area contributed by atoms with Crippen molar-refractivity contribution in [3.63, 3.8) is 0 Å². The van der Waals surface area contributed by atoms with Crippen LogP contribution in [0.1, 0.15) is 5.56 Å². The van der Waals surface area contributed by atoms with Crippen LogP contribution in [0.3, 0.4) is 0 Å². The number of methoxy groups -OCH3 is 2. The Balaban J connectivity index is 1.76. The number of ether oxygens (including phenoxy) is 2. The normalized spacial score (nSPS) is 11.0. The fourth-order valence-corrected chi connectivity index (χ4v) is 3.52. The van der Waals surface area contributed by atoms with Crippen molar-refractivity contribution in [1.29, 1.82) is 0 Å². The van der Waals surface area contributed by atoms with Crippen LogP contribution in [0, 0.1) is 6.92 Å². The summed E-state index contributed by atoms with van der Waals surface area (Å²) in [5, 5.41) is 3.18. The van der Waals surface area contributed by atoms with Gasteiger partial charge in [-0.3, -0.25) is 4.72 Å². The van der Waals surface area contributed by atoms with Gasteiger partial charge in [0.2, 0.25) is 0 Å². The second-order valence-corrected chi connectivity index (χ2v) is 7.72. The van der Waals surface area contributed by atoms with Crippen molar-refractivity contribution in [1.82, 2.24) is 4.98 Å². The molecule has 3 aromatic rings. The Hall–Kier alpha value is -3.26. The summed E-state index contributed by atoms with van der Waals surface area (Å²) in [5.41, 5.74) is 2.36. The molecule has 0 saturated carbocycles. The van der Waals surface area contributed by atoms with Crippen molar-refractivity contribution in [2.45, 2.75) is 11.8 Å². The van der Waals surface area contributed by atoms with Crippen molar-refractivity contribution >= 4 is 27.2 Å². The lowest BCUT2D eigenvalue weighted by atomic mass is 10.2. The molecule has 1 heterocycles. The number of nitrogens with zero attached hydrogens (tertiary/aromatic N) is 1. The van der Waals surface area contributed by atoms with E-state index in [0.717, 1.165) is 5.56 Å². The molecule has 0 amide bonds. The molecule has 0 radical (unpaired) electrons. The highest BCUT2D eigenvalue weighted by Gasteiger charge is 2.14. The topological polar surface area (TPSA) is 89.5 Å². The molecule has 0 atom stereocenters. The minimum Gasteiger partial charge on any atom is -0.497 e. The number of hydrogen-bond donors (Lipinski definition) is 2. The summed E-state index contributed by atoms with van der Waals surface area (Å²) in [6.45, 7) is 1.90. The molecule has 0 aliphatic heterocycles. The largest absolute Gasteiger partial charge is 0.497 e. The van der Waals surface area contributed by atoms with E-state index in [0.29, 0.717) is 22.9 Å². The van der Waals surface area contributed by atoms with E-state index in [-0.39, 0.29) is 10.7 Å². The van der Waals surface area contributed by atoms with Crippen LogP contribution < -0.4 is 19.5 Å². The van der Waals surface area contributed by atoms with Crippen LogP contribution in [0.15, 0.2) is 65.7 Å². The first-order valence-electron chi connectivity index (χ1n) is 8.46. The number of hydrogen-bond acceptors (Lipinski definition) is 6. The molecule has 2 N–H and O–H groups in total. The van der Waals surface area contributed by atoms with Crippen molar-refractivity contribution in [2.24, 2.45) is 0 Å². The molecule has 0 aliphatic carbocycles. The number of sulfonamides is 1. The molecule has 1 aromatic heterocycles.